The van der Waals surface area contributed by atoms with Crippen molar-refractivity contribution in [3.8, 4) is 0 Å². The third-order valence-corrected chi connectivity index (χ3v) is 1.92. The quantitative estimate of drug-likeness (QED) is 0.582. The molecule has 0 saturated heterocycles. The smallest absolute Gasteiger partial charge is 0.239 e. The monoisotopic (exact) mass is 257 g/mol. The highest BCUT2D eigenvalue weighted by Crippen LogP contribution is 1.97. The van der Waals surface area contributed by atoms with Crippen LogP contribution < -0.4 is 16.0 Å². The molecule has 18 heavy (non-hydrogen) atoms. The summed E-state index contributed by atoms with van der Waals surface area (Å²) in [5.41, 5.74) is -0.298. The normalized spacial score (nSPS) is 10.7. The Hall–Kier alpha value is -1.59. The first-order valence-corrected chi connectivity index (χ1v) is 6.03. The first-order chi connectivity index (χ1) is 8.20. The number of carbonyl (C=O) groups is 3. The van der Waals surface area contributed by atoms with Gasteiger partial charge in [-0.25, -0.2) is 0 Å². The van der Waals surface area contributed by atoms with E-state index in [4.69, 9.17) is 0 Å². The van der Waals surface area contributed by atoms with Crippen molar-refractivity contribution in [1.82, 2.24) is 16.0 Å². The Bertz CT molecular complexity index is 308. The average molecular weight is 257 g/mol. The van der Waals surface area contributed by atoms with Gasteiger partial charge in [-0.05, 0) is 27.2 Å². The summed E-state index contributed by atoms with van der Waals surface area (Å²) in [6.07, 6.45) is 0.857. The highest BCUT2D eigenvalue weighted by molar-refractivity contribution is 5.85. The van der Waals surface area contributed by atoms with Crippen LogP contribution in [0.3, 0.4) is 0 Å². The molecule has 3 amide bonds. The molecule has 0 heterocycles. The summed E-state index contributed by atoms with van der Waals surface area (Å²) in [6.45, 7) is 7.50. The molecule has 6 nitrogen and oxygen atoms in total. The molecule has 0 aromatic rings. The Balaban J connectivity index is 3.64. The van der Waals surface area contributed by atoms with E-state index in [2.05, 4.69) is 16.0 Å². The van der Waals surface area contributed by atoms with E-state index in [0.29, 0.717) is 19.4 Å². The van der Waals surface area contributed by atoms with E-state index in [1.807, 2.05) is 20.8 Å². The molecule has 6 heteroatoms. The lowest BCUT2D eigenvalue weighted by Crippen LogP contribution is -2.45. The van der Waals surface area contributed by atoms with Crippen LogP contribution in [0.4, 0.5) is 0 Å². The van der Waals surface area contributed by atoms with Crippen molar-refractivity contribution < 1.29 is 14.4 Å². The van der Waals surface area contributed by atoms with E-state index >= 15 is 0 Å². The van der Waals surface area contributed by atoms with Gasteiger partial charge in [0.05, 0.1) is 6.54 Å². The largest absolute Gasteiger partial charge is 0.356 e. The maximum atomic E-state index is 11.4. The molecule has 0 aliphatic heterocycles. The molecule has 0 saturated carbocycles. The zero-order valence-corrected chi connectivity index (χ0v) is 11.6. The molecule has 0 bridgehead atoms. The molecule has 104 valence electrons. The summed E-state index contributed by atoms with van der Waals surface area (Å²) >= 11 is 0. The van der Waals surface area contributed by atoms with Gasteiger partial charge in [0.15, 0.2) is 0 Å². The summed E-state index contributed by atoms with van der Waals surface area (Å²) in [5.74, 6) is -0.512. The van der Waals surface area contributed by atoms with Gasteiger partial charge in [-0.15, -0.1) is 0 Å². The zero-order valence-electron chi connectivity index (χ0n) is 11.6. The van der Waals surface area contributed by atoms with Crippen molar-refractivity contribution in [3.05, 3.63) is 0 Å². The maximum Gasteiger partial charge on any atom is 0.239 e. The van der Waals surface area contributed by atoms with Crippen LogP contribution in [0.15, 0.2) is 0 Å². The van der Waals surface area contributed by atoms with Crippen molar-refractivity contribution in [3.63, 3.8) is 0 Å². The van der Waals surface area contributed by atoms with Crippen molar-refractivity contribution in [2.24, 2.45) is 0 Å². The van der Waals surface area contributed by atoms with Gasteiger partial charge >= 0.3 is 0 Å². The third kappa shape index (κ3) is 10.9. The lowest BCUT2D eigenvalue weighted by Gasteiger charge is -2.20. The molecule has 0 spiro atoms. The highest BCUT2D eigenvalue weighted by atomic mass is 16.2. The minimum absolute atomic E-state index is 0.0176. The first-order valence-electron chi connectivity index (χ1n) is 6.03. The number of amides is 3. The third-order valence-electron chi connectivity index (χ3n) is 1.92. The van der Waals surface area contributed by atoms with E-state index in [9.17, 15) is 14.4 Å². The van der Waals surface area contributed by atoms with Gasteiger partial charge in [-0.2, -0.15) is 0 Å². The van der Waals surface area contributed by atoms with Crippen LogP contribution in [-0.4, -0.2) is 36.3 Å². The van der Waals surface area contributed by atoms with E-state index in [0.717, 1.165) is 0 Å². The van der Waals surface area contributed by atoms with Crippen molar-refractivity contribution in [2.45, 2.75) is 46.1 Å². The fourth-order valence-corrected chi connectivity index (χ4v) is 1.24. The van der Waals surface area contributed by atoms with Crippen LogP contribution in [0.5, 0.6) is 0 Å². The van der Waals surface area contributed by atoms with Gasteiger partial charge in [0.25, 0.3) is 0 Å². The molecule has 0 rings (SSSR count). The number of hydrogen-bond donors (Lipinski definition) is 3. The lowest BCUT2D eigenvalue weighted by atomic mass is 10.1. The topological polar surface area (TPSA) is 87.3 Å². The standard InChI is InChI=1S/C12H23N3O3/c1-9(16)13-7-5-6-10(17)14-8-11(18)15-12(2,3)4/h5-8H2,1-4H3,(H,13,16)(H,14,17)(H,15,18). The Kier molecular flexibility index (Phi) is 7.00. The molecule has 0 aromatic heterocycles. The summed E-state index contributed by atoms with van der Waals surface area (Å²) < 4.78 is 0. The molecular weight excluding hydrogens is 234 g/mol. The lowest BCUT2D eigenvalue weighted by molar-refractivity contribution is -0.126. The second-order valence-corrected chi connectivity index (χ2v) is 5.16. The molecule has 0 radical (unpaired) electrons. The second-order valence-electron chi connectivity index (χ2n) is 5.16. The predicted octanol–water partition coefficient (Wildman–Crippen LogP) is -0.0664. The molecule has 0 fully saturated rings. The fraction of sp³-hybridized carbons (Fsp3) is 0.750. The van der Waals surface area contributed by atoms with Gasteiger partial charge in [0.1, 0.15) is 0 Å². The molecule has 3 N–H and O–H groups in total. The Morgan fingerprint density at radius 2 is 1.61 bits per heavy atom. The van der Waals surface area contributed by atoms with Crippen LogP contribution in [0.1, 0.15) is 40.5 Å². The van der Waals surface area contributed by atoms with Crippen LogP contribution in [-0.2, 0) is 14.4 Å². The summed E-state index contributed by atoms with van der Waals surface area (Å²) in [4.78, 5) is 33.3. The Morgan fingerprint density at radius 1 is 1.00 bits per heavy atom. The summed E-state index contributed by atoms with van der Waals surface area (Å²) in [6, 6.07) is 0. The number of nitrogens with one attached hydrogen (secondary N) is 3. The highest BCUT2D eigenvalue weighted by Gasteiger charge is 2.13. The van der Waals surface area contributed by atoms with E-state index in [-0.39, 0.29) is 29.8 Å². The molecule has 0 aliphatic rings. The summed E-state index contributed by atoms with van der Waals surface area (Å²) in [5, 5.41) is 7.87. The Morgan fingerprint density at radius 3 is 2.11 bits per heavy atom. The number of carbonyl (C=O) groups excluding carboxylic acids is 3. The van der Waals surface area contributed by atoms with Crippen molar-refractivity contribution in [1.29, 1.82) is 0 Å². The minimum Gasteiger partial charge on any atom is -0.356 e. The van der Waals surface area contributed by atoms with Crippen LogP contribution in [0.25, 0.3) is 0 Å². The zero-order chi connectivity index (χ0) is 14.2. The van der Waals surface area contributed by atoms with Crippen molar-refractivity contribution in [2.75, 3.05) is 13.1 Å². The van der Waals surface area contributed by atoms with E-state index < -0.39 is 0 Å². The van der Waals surface area contributed by atoms with Crippen LogP contribution in [0.2, 0.25) is 0 Å². The van der Waals surface area contributed by atoms with Crippen LogP contribution >= 0.6 is 0 Å². The van der Waals surface area contributed by atoms with Gasteiger partial charge in [0, 0.05) is 25.4 Å². The van der Waals surface area contributed by atoms with Crippen LogP contribution in [0, 0.1) is 0 Å². The minimum atomic E-state index is -0.298. The second kappa shape index (κ2) is 7.68. The average Bonchev–Trinajstić information content (AvgIpc) is 2.19. The van der Waals surface area contributed by atoms with Crippen molar-refractivity contribution >= 4 is 17.7 Å². The van der Waals surface area contributed by atoms with Gasteiger partial charge in [-0.3, -0.25) is 14.4 Å². The summed E-state index contributed by atoms with van der Waals surface area (Å²) in [7, 11) is 0. The first kappa shape index (κ1) is 16.4. The number of rotatable bonds is 6. The molecular formula is C12H23N3O3. The SMILES string of the molecule is CC(=O)NCCCC(=O)NCC(=O)NC(C)(C)C. The number of hydrogen-bond acceptors (Lipinski definition) is 3. The van der Waals surface area contributed by atoms with Gasteiger partial charge in [0.2, 0.25) is 17.7 Å². The van der Waals surface area contributed by atoms with E-state index in [1.165, 1.54) is 6.92 Å². The fourth-order valence-electron chi connectivity index (χ4n) is 1.24. The van der Waals surface area contributed by atoms with Gasteiger partial charge in [-0.1, -0.05) is 0 Å². The van der Waals surface area contributed by atoms with E-state index in [1.54, 1.807) is 0 Å². The maximum absolute atomic E-state index is 11.4. The predicted molar refractivity (Wildman–Crippen MR) is 68.8 cm³/mol. The molecule has 0 aromatic carbocycles. The molecule has 0 unspecified atom stereocenters. The molecule has 0 atom stereocenters. The Labute approximate surface area is 108 Å². The van der Waals surface area contributed by atoms with Gasteiger partial charge < -0.3 is 16.0 Å². The molecule has 0 aliphatic carbocycles.